The van der Waals surface area contributed by atoms with E-state index >= 15 is 0 Å². The number of carbonyl (C=O) groups is 1. The molecule has 1 atom stereocenters. The molecule has 30 heavy (non-hydrogen) atoms. The van der Waals surface area contributed by atoms with Crippen LogP contribution in [0.3, 0.4) is 0 Å². The number of ether oxygens (including phenoxy) is 3. The van der Waals surface area contributed by atoms with E-state index in [-0.39, 0.29) is 12.3 Å². The number of esters is 1. The van der Waals surface area contributed by atoms with E-state index in [0.717, 1.165) is 11.1 Å². The van der Waals surface area contributed by atoms with Gasteiger partial charge in [-0.05, 0) is 30.2 Å². The molecule has 0 amide bonds. The summed E-state index contributed by atoms with van der Waals surface area (Å²) in [4.78, 5) is 12.0. The first-order valence-corrected chi connectivity index (χ1v) is 9.68. The quantitative estimate of drug-likeness (QED) is 0.539. The topological polar surface area (TPSA) is 94.6 Å². The zero-order chi connectivity index (χ0) is 21.7. The predicted octanol–water partition coefficient (Wildman–Crippen LogP) is 3.75. The molecule has 2 aromatic rings. The Labute approximate surface area is 176 Å². The number of nitrogens with two attached hydrogens (primary N) is 1. The second-order valence-corrected chi connectivity index (χ2v) is 6.95. The van der Waals surface area contributed by atoms with Gasteiger partial charge in [0.15, 0.2) is 11.5 Å². The first-order valence-electron chi connectivity index (χ1n) is 9.68. The lowest BCUT2D eigenvalue weighted by Gasteiger charge is -2.36. The highest BCUT2D eigenvalue weighted by molar-refractivity contribution is 6.42. The number of hydrogen-bond acceptors (Lipinski definition) is 6. The zero-order valence-electron chi connectivity index (χ0n) is 17.4. The molecular weight excluding hydrogens is 380 g/mol. The maximum Gasteiger partial charge on any atom is 0.356 e. The van der Waals surface area contributed by atoms with Crippen LogP contribution in [0.4, 0.5) is 0 Å². The van der Waals surface area contributed by atoms with Gasteiger partial charge in [-0.2, -0.15) is 0 Å². The van der Waals surface area contributed by atoms with Crippen LogP contribution < -0.4 is 15.2 Å². The van der Waals surface area contributed by atoms with Crippen LogP contribution in [0.5, 0.6) is 11.5 Å². The second-order valence-electron chi connectivity index (χ2n) is 6.95. The van der Waals surface area contributed by atoms with Gasteiger partial charge in [0, 0.05) is 23.1 Å². The van der Waals surface area contributed by atoms with Crippen molar-refractivity contribution in [1.82, 2.24) is 0 Å². The molecule has 1 aliphatic carbocycles. The molecule has 0 bridgehead atoms. The molecule has 0 fully saturated rings. The van der Waals surface area contributed by atoms with E-state index in [2.05, 4.69) is 0 Å². The molecule has 2 aromatic carbocycles. The number of methoxy groups -OCH3 is 2. The van der Waals surface area contributed by atoms with E-state index < -0.39 is 11.4 Å². The van der Waals surface area contributed by atoms with Crippen molar-refractivity contribution in [2.45, 2.75) is 18.8 Å². The van der Waals surface area contributed by atoms with Crippen molar-refractivity contribution >= 4 is 11.7 Å². The second kappa shape index (κ2) is 8.86. The average molecular weight is 406 g/mol. The minimum Gasteiger partial charge on any atom is -0.493 e. The molecule has 0 spiro atoms. The van der Waals surface area contributed by atoms with Gasteiger partial charge in [-0.1, -0.05) is 48.6 Å². The molecule has 0 aromatic heterocycles. The highest BCUT2D eigenvalue weighted by Gasteiger charge is 2.37. The first-order chi connectivity index (χ1) is 14.5. The van der Waals surface area contributed by atoms with E-state index in [1.54, 1.807) is 27.2 Å². The molecule has 6 nitrogen and oxygen atoms in total. The SMILES string of the molecule is CCOC(=O)C(=N)C1=C(N)CC(c2ccccc2)(c2ccc(OC)c(OC)c2)C=C1. The van der Waals surface area contributed by atoms with Crippen LogP contribution in [-0.4, -0.2) is 32.5 Å². The molecule has 0 aliphatic heterocycles. The normalized spacial score (nSPS) is 18.1. The number of carbonyl (C=O) groups excluding carboxylic acids is 1. The molecule has 0 radical (unpaired) electrons. The van der Waals surface area contributed by atoms with E-state index in [4.69, 9.17) is 25.4 Å². The van der Waals surface area contributed by atoms with Crippen molar-refractivity contribution in [3.63, 3.8) is 0 Å². The summed E-state index contributed by atoms with van der Waals surface area (Å²) in [5.74, 6) is 0.572. The molecule has 0 saturated heterocycles. The average Bonchev–Trinajstić information content (AvgIpc) is 2.78. The Hall–Kier alpha value is -3.54. The summed E-state index contributed by atoms with van der Waals surface area (Å²) in [7, 11) is 3.19. The summed E-state index contributed by atoms with van der Waals surface area (Å²) >= 11 is 0. The van der Waals surface area contributed by atoms with Gasteiger partial charge in [-0.3, -0.25) is 5.41 Å². The van der Waals surface area contributed by atoms with Gasteiger partial charge < -0.3 is 19.9 Å². The lowest BCUT2D eigenvalue weighted by Crippen LogP contribution is -2.33. The molecule has 156 valence electrons. The summed E-state index contributed by atoms with van der Waals surface area (Å²) in [6.45, 7) is 1.91. The van der Waals surface area contributed by atoms with Gasteiger partial charge >= 0.3 is 5.97 Å². The van der Waals surface area contributed by atoms with Crippen LogP contribution in [-0.2, 0) is 14.9 Å². The molecule has 0 heterocycles. The van der Waals surface area contributed by atoms with Crippen molar-refractivity contribution in [1.29, 1.82) is 5.41 Å². The van der Waals surface area contributed by atoms with Crippen LogP contribution in [0.2, 0.25) is 0 Å². The number of rotatable bonds is 7. The Morgan fingerprint density at radius 1 is 1.07 bits per heavy atom. The molecule has 1 aliphatic rings. The number of allylic oxidation sites excluding steroid dienone is 3. The minimum absolute atomic E-state index is 0.206. The fourth-order valence-corrected chi connectivity index (χ4v) is 3.76. The van der Waals surface area contributed by atoms with Crippen molar-refractivity contribution in [3.05, 3.63) is 83.1 Å². The van der Waals surface area contributed by atoms with Crippen LogP contribution in [0.1, 0.15) is 24.5 Å². The summed E-state index contributed by atoms with van der Waals surface area (Å²) in [6, 6.07) is 15.8. The molecule has 6 heteroatoms. The van der Waals surface area contributed by atoms with Crippen molar-refractivity contribution < 1.29 is 19.0 Å². The monoisotopic (exact) mass is 406 g/mol. The summed E-state index contributed by atoms with van der Waals surface area (Å²) in [5, 5.41) is 8.18. The Bertz CT molecular complexity index is 1010. The summed E-state index contributed by atoms with van der Waals surface area (Å²) in [6.07, 6.45) is 4.13. The lowest BCUT2D eigenvalue weighted by atomic mass is 9.68. The van der Waals surface area contributed by atoms with Gasteiger partial charge in [-0.25, -0.2) is 4.79 Å². The maximum atomic E-state index is 12.0. The molecule has 3 rings (SSSR count). The van der Waals surface area contributed by atoms with Gasteiger partial charge in [0.25, 0.3) is 0 Å². The first kappa shape index (κ1) is 21.2. The van der Waals surface area contributed by atoms with Gasteiger partial charge in [0.05, 0.1) is 20.8 Å². The van der Waals surface area contributed by atoms with Crippen molar-refractivity contribution in [3.8, 4) is 11.5 Å². The van der Waals surface area contributed by atoms with E-state index in [9.17, 15) is 4.79 Å². The molecule has 3 N–H and O–H groups in total. The van der Waals surface area contributed by atoms with E-state index in [1.807, 2.05) is 54.6 Å². The van der Waals surface area contributed by atoms with Crippen LogP contribution in [0.15, 0.2) is 72.0 Å². The van der Waals surface area contributed by atoms with Crippen LogP contribution in [0, 0.1) is 5.41 Å². The zero-order valence-corrected chi connectivity index (χ0v) is 17.4. The molecule has 1 unspecified atom stereocenters. The van der Waals surface area contributed by atoms with E-state index in [0.29, 0.717) is 29.2 Å². The smallest absolute Gasteiger partial charge is 0.356 e. The number of nitrogens with one attached hydrogen (secondary N) is 1. The standard InChI is InChI=1S/C24H26N2O4/c1-4-30-23(27)22(26)18-12-13-24(15-19(18)25,16-8-6-5-7-9-16)17-10-11-20(28-2)21(14-17)29-3/h5-14,26H,4,15,25H2,1-3H3. The van der Waals surface area contributed by atoms with Crippen molar-refractivity contribution in [2.24, 2.45) is 5.73 Å². The molecule has 0 saturated carbocycles. The Balaban J connectivity index is 2.11. The minimum atomic E-state index is -0.682. The highest BCUT2D eigenvalue weighted by Crippen LogP contribution is 2.44. The number of benzene rings is 2. The Morgan fingerprint density at radius 3 is 2.37 bits per heavy atom. The van der Waals surface area contributed by atoms with Crippen molar-refractivity contribution in [2.75, 3.05) is 20.8 Å². The summed E-state index contributed by atoms with van der Waals surface area (Å²) in [5.41, 5.74) is 8.45. The largest absolute Gasteiger partial charge is 0.493 e. The van der Waals surface area contributed by atoms with Gasteiger partial charge in [0.1, 0.15) is 5.71 Å². The predicted molar refractivity (Wildman–Crippen MR) is 116 cm³/mol. The Morgan fingerprint density at radius 2 is 1.77 bits per heavy atom. The number of hydrogen-bond donors (Lipinski definition) is 2. The fraction of sp³-hybridized carbons (Fsp3) is 0.250. The lowest BCUT2D eigenvalue weighted by molar-refractivity contribution is -0.135. The van der Waals surface area contributed by atoms with Gasteiger partial charge in [-0.15, -0.1) is 0 Å². The van der Waals surface area contributed by atoms with Gasteiger partial charge in [0.2, 0.25) is 0 Å². The Kier molecular flexibility index (Phi) is 6.26. The fourth-order valence-electron chi connectivity index (χ4n) is 3.76. The molecular formula is C24H26N2O4. The highest BCUT2D eigenvalue weighted by atomic mass is 16.5. The third-order valence-corrected chi connectivity index (χ3v) is 5.29. The maximum absolute atomic E-state index is 12.0. The van der Waals surface area contributed by atoms with E-state index in [1.165, 1.54) is 0 Å². The third-order valence-electron chi connectivity index (χ3n) is 5.29. The third kappa shape index (κ3) is 3.81. The van der Waals surface area contributed by atoms with Crippen LogP contribution >= 0.6 is 0 Å². The summed E-state index contributed by atoms with van der Waals surface area (Å²) < 4.78 is 15.8. The van der Waals surface area contributed by atoms with Crippen LogP contribution in [0.25, 0.3) is 0 Å².